The van der Waals surface area contributed by atoms with Crippen LogP contribution >= 0.6 is 0 Å². The van der Waals surface area contributed by atoms with Crippen molar-refractivity contribution >= 4 is 0 Å². The van der Waals surface area contributed by atoms with Crippen LogP contribution in [-0.2, 0) is 38.5 Å². The van der Waals surface area contributed by atoms with Crippen LogP contribution in [0.5, 0.6) is 0 Å². The molecule has 63 heavy (non-hydrogen) atoms. The van der Waals surface area contributed by atoms with E-state index in [0.29, 0.717) is 17.5 Å². The van der Waals surface area contributed by atoms with Crippen molar-refractivity contribution < 1.29 is 0 Å². The highest BCUT2D eigenvalue weighted by molar-refractivity contribution is 5.67. The van der Waals surface area contributed by atoms with Gasteiger partial charge in [-0.05, 0) is 142 Å². The second kappa shape index (κ2) is 21.6. The lowest BCUT2D eigenvalue weighted by Crippen LogP contribution is -2.00. The average Bonchev–Trinajstić information content (AvgIpc) is 3.33. The topological polar surface area (TPSA) is 38.7 Å². The molecule has 3 nitrogen and oxygen atoms in total. The first-order valence-electron chi connectivity index (χ1n) is 23.2. The van der Waals surface area contributed by atoms with Crippen molar-refractivity contribution in [3.63, 3.8) is 0 Å². The van der Waals surface area contributed by atoms with Gasteiger partial charge in [-0.25, -0.2) is 15.0 Å². The molecule has 0 unspecified atom stereocenters. The van der Waals surface area contributed by atoms with Crippen LogP contribution in [0.2, 0.25) is 0 Å². The van der Waals surface area contributed by atoms with Gasteiger partial charge in [-0.15, -0.1) is 0 Å². The third-order valence-electron chi connectivity index (χ3n) is 12.4. The smallest absolute Gasteiger partial charge is 0.164 e. The van der Waals surface area contributed by atoms with E-state index in [9.17, 15) is 0 Å². The Kier molecular flexibility index (Phi) is 14.8. The first-order valence-corrected chi connectivity index (χ1v) is 23.2. The van der Waals surface area contributed by atoms with Gasteiger partial charge in [-0.2, -0.15) is 0 Å². The monoisotopic (exact) mass is 823 g/mol. The Morgan fingerprint density at radius 1 is 0.222 bits per heavy atom. The van der Waals surface area contributed by atoms with E-state index in [2.05, 4.69) is 191 Å². The molecule has 1 aromatic heterocycles. The fourth-order valence-electron chi connectivity index (χ4n) is 8.32. The lowest BCUT2D eigenvalue weighted by atomic mass is 9.98. The first kappa shape index (κ1) is 43.2. The third kappa shape index (κ3) is 12.6. The van der Waals surface area contributed by atoms with E-state index in [-0.39, 0.29) is 0 Å². The molecule has 0 bridgehead atoms. The minimum absolute atomic E-state index is 0.695. The van der Waals surface area contributed by atoms with E-state index in [1.807, 2.05) is 0 Å². The van der Waals surface area contributed by atoms with Crippen molar-refractivity contribution in [1.29, 1.82) is 0 Å². The maximum absolute atomic E-state index is 5.03. The lowest BCUT2D eigenvalue weighted by molar-refractivity contribution is 0.734. The van der Waals surface area contributed by atoms with E-state index in [1.165, 1.54) is 80.5 Å². The van der Waals surface area contributed by atoms with Gasteiger partial charge in [-0.3, -0.25) is 0 Å². The van der Waals surface area contributed by atoms with Crippen LogP contribution in [-0.4, -0.2) is 15.0 Å². The summed E-state index contributed by atoms with van der Waals surface area (Å²) >= 11 is 0. The number of nitrogens with zero attached hydrogens (tertiary/aromatic N) is 3. The quantitative estimate of drug-likeness (QED) is 0.0763. The molecule has 0 aliphatic carbocycles. The van der Waals surface area contributed by atoms with Gasteiger partial charge in [0.05, 0.1) is 0 Å². The molecule has 0 fully saturated rings. The highest BCUT2D eigenvalue weighted by Gasteiger charge is 2.13. The third-order valence-corrected chi connectivity index (χ3v) is 12.4. The summed E-state index contributed by atoms with van der Waals surface area (Å²) in [5, 5.41) is 0. The van der Waals surface area contributed by atoms with Crippen molar-refractivity contribution in [2.45, 2.75) is 97.8 Å². The summed E-state index contributed by atoms with van der Waals surface area (Å²) in [5.74, 6) is 2.10. The number of aryl methyl sites for hydroxylation is 9. The standard InChI is InChI=1S/C60H61N3/c1-44-16-22-47(23-17-44)10-4-6-12-49-26-36-53(37-27-49)54-38-28-50(29-39-54)13-8-9-15-52-32-42-57(43-33-52)60-62-58(55-34-20-46(3)21-35-55)61-59(63-60)56-40-30-51(31-41-56)14-7-5-11-48-24-18-45(2)19-25-48/h16-43H,4-15H2,1-3H3. The summed E-state index contributed by atoms with van der Waals surface area (Å²) in [7, 11) is 0. The average molecular weight is 824 g/mol. The molecule has 3 heteroatoms. The number of hydrogen-bond acceptors (Lipinski definition) is 3. The fraction of sp³-hybridized carbons (Fsp3) is 0.250. The molecule has 0 saturated carbocycles. The van der Waals surface area contributed by atoms with Gasteiger partial charge in [-0.1, -0.05) is 187 Å². The van der Waals surface area contributed by atoms with Crippen LogP contribution in [0.1, 0.15) is 88.6 Å². The van der Waals surface area contributed by atoms with Crippen molar-refractivity contribution in [3.05, 3.63) is 220 Å². The molecule has 0 atom stereocenters. The van der Waals surface area contributed by atoms with E-state index < -0.39 is 0 Å². The molecular formula is C60H61N3. The van der Waals surface area contributed by atoms with Gasteiger partial charge in [0, 0.05) is 16.7 Å². The van der Waals surface area contributed by atoms with Gasteiger partial charge in [0.25, 0.3) is 0 Å². The lowest BCUT2D eigenvalue weighted by Gasteiger charge is -2.10. The number of rotatable bonds is 19. The zero-order chi connectivity index (χ0) is 43.2. The van der Waals surface area contributed by atoms with E-state index >= 15 is 0 Å². The molecule has 0 radical (unpaired) electrons. The Morgan fingerprint density at radius 2 is 0.397 bits per heavy atom. The maximum Gasteiger partial charge on any atom is 0.164 e. The van der Waals surface area contributed by atoms with Crippen molar-refractivity contribution in [3.8, 4) is 45.3 Å². The van der Waals surface area contributed by atoms with E-state index in [1.54, 1.807) is 0 Å². The second-order valence-corrected chi connectivity index (χ2v) is 17.6. The van der Waals surface area contributed by atoms with Crippen LogP contribution in [0, 0.1) is 20.8 Å². The zero-order valence-corrected chi connectivity index (χ0v) is 37.5. The first-order chi connectivity index (χ1) is 30.9. The summed E-state index contributed by atoms with van der Waals surface area (Å²) in [6, 6.07) is 62.3. The highest BCUT2D eigenvalue weighted by Crippen LogP contribution is 2.27. The maximum atomic E-state index is 5.03. The molecule has 8 rings (SSSR count). The van der Waals surface area contributed by atoms with Gasteiger partial charge >= 0.3 is 0 Å². The normalized spacial score (nSPS) is 11.2. The molecule has 0 amide bonds. The SMILES string of the molecule is Cc1ccc(CCCCc2ccc(-c3ccc(CCCCc4ccc(-c5nc(-c6ccc(C)cc6)nc(-c6ccc(CCCCc7ccc(C)cc7)cc6)n5)cc4)cc3)cc2)cc1. The number of hydrogen-bond donors (Lipinski definition) is 0. The fourth-order valence-corrected chi connectivity index (χ4v) is 8.32. The summed E-state index contributed by atoms with van der Waals surface area (Å²) < 4.78 is 0. The Labute approximate surface area is 376 Å². The van der Waals surface area contributed by atoms with Crippen LogP contribution in [0.25, 0.3) is 45.3 Å². The van der Waals surface area contributed by atoms with Gasteiger partial charge in [0.15, 0.2) is 17.5 Å². The Morgan fingerprint density at radius 3 is 0.635 bits per heavy atom. The van der Waals surface area contributed by atoms with Crippen molar-refractivity contribution in [2.24, 2.45) is 0 Å². The number of benzene rings is 7. The number of aromatic nitrogens is 3. The highest BCUT2D eigenvalue weighted by atomic mass is 15.0. The summed E-state index contributed by atoms with van der Waals surface area (Å²) in [6.07, 6.45) is 13.7. The predicted molar refractivity (Wildman–Crippen MR) is 265 cm³/mol. The Balaban J connectivity index is 0.826. The minimum atomic E-state index is 0.695. The van der Waals surface area contributed by atoms with Crippen LogP contribution in [0.15, 0.2) is 170 Å². The molecule has 0 aliphatic heterocycles. The van der Waals surface area contributed by atoms with Crippen molar-refractivity contribution in [1.82, 2.24) is 15.0 Å². The predicted octanol–water partition coefficient (Wildman–Crippen LogP) is 15.2. The molecule has 316 valence electrons. The van der Waals surface area contributed by atoms with Crippen LogP contribution in [0.4, 0.5) is 0 Å². The summed E-state index contributed by atoms with van der Waals surface area (Å²) in [4.78, 5) is 15.0. The molecule has 0 saturated heterocycles. The zero-order valence-electron chi connectivity index (χ0n) is 37.5. The molecule has 0 aliphatic rings. The van der Waals surface area contributed by atoms with Gasteiger partial charge in [0.2, 0.25) is 0 Å². The minimum Gasteiger partial charge on any atom is -0.208 e. The summed E-state index contributed by atoms with van der Waals surface area (Å²) in [6.45, 7) is 6.40. The van der Waals surface area contributed by atoms with E-state index in [4.69, 9.17) is 15.0 Å². The van der Waals surface area contributed by atoms with Crippen molar-refractivity contribution in [2.75, 3.05) is 0 Å². The molecule has 0 N–H and O–H groups in total. The molecular weight excluding hydrogens is 763 g/mol. The molecule has 0 spiro atoms. The Bertz CT molecular complexity index is 2620. The molecule has 7 aromatic carbocycles. The van der Waals surface area contributed by atoms with E-state index in [0.717, 1.165) is 74.5 Å². The second-order valence-electron chi connectivity index (χ2n) is 17.6. The Hall–Kier alpha value is -6.45. The molecule has 1 heterocycles. The summed E-state index contributed by atoms with van der Waals surface area (Å²) in [5.41, 5.74) is 17.8. The van der Waals surface area contributed by atoms with Crippen LogP contribution < -0.4 is 0 Å². The largest absolute Gasteiger partial charge is 0.208 e. The number of unbranched alkanes of at least 4 members (excludes halogenated alkanes) is 3. The van der Waals surface area contributed by atoms with Gasteiger partial charge < -0.3 is 0 Å². The van der Waals surface area contributed by atoms with Gasteiger partial charge in [0.1, 0.15) is 0 Å². The molecule has 8 aromatic rings. The van der Waals surface area contributed by atoms with Crippen LogP contribution in [0.3, 0.4) is 0 Å².